The number of carbonyl (C=O) groups excluding carboxylic acids is 1. The Morgan fingerprint density at radius 3 is 2.47 bits per heavy atom. The maximum Gasteiger partial charge on any atom is 0.155 e. The molecular formula is C14H16BrNO. The molecule has 0 amide bonds. The Morgan fingerprint density at radius 2 is 1.88 bits per heavy atom. The van der Waals surface area contributed by atoms with Crippen molar-refractivity contribution >= 4 is 21.7 Å². The van der Waals surface area contributed by atoms with Crippen LogP contribution in [0.2, 0.25) is 0 Å². The van der Waals surface area contributed by atoms with Crippen molar-refractivity contribution in [1.82, 2.24) is 4.90 Å². The second kappa shape index (κ2) is 4.54. The predicted octanol–water partition coefficient (Wildman–Crippen LogP) is 3.32. The number of halogens is 1. The minimum atomic E-state index is 0.0217. The van der Waals surface area contributed by atoms with Crippen LogP contribution in [0.5, 0.6) is 0 Å². The van der Waals surface area contributed by atoms with Crippen LogP contribution in [0, 0.1) is 0 Å². The van der Waals surface area contributed by atoms with Crippen molar-refractivity contribution in [2.75, 3.05) is 6.54 Å². The Balaban J connectivity index is 1.87. The standard InChI is InChI=1S/C14H16BrNO/c15-11-6-4-10(5-7-11)14-13(17)8-9-16(14)12-2-1-3-12/h4-7,12,14H,1-3,8-9H2. The minimum Gasteiger partial charge on any atom is -0.297 e. The lowest BCUT2D eigenvalue weighted by Crippen LogP contribution is -2.40. The highest BCUT2D eigenvalue weighted by molar-refractivity contribution is 9.10. The van der Waals surface area contributed by atoms with Crippen molar-refractivity contribution < 1.29 is 4.79 Å². The van der Waals surface area contributed by atoms with E-state index in [1.165, 1.54) is 19.3 Å². The minimum absolute atomic E-state index is 0.0217. The third-order valence-electron chi connectivity index (χ3n) is 3.98. The predicted molar refractivity (Wildman–Crippen MR) is 70.9 cm³/mol. The molecule has 1 aliphatic heterocycles. The van der Waals surface area contributed by atoms with E-state index in [0.717, 1.165) is 23.0 Å². The summed E-state index contributed by atoms with van der Waals surface area (Å²) in [5.41, 5.74) is 1.16. The average molecular weight is 294 g/mol. The van der Waals surface area contributed by atoms with Crippen LogP contribution in [-0.4, -0.2) is 23.3 Å². The Kier molecular flexibility index (Phi) is 3.05. The fourth-order valence-electron chi connectivity index (χ4n) is 2.82. The van der Waals surface area contributed by atoms with Gasteiger partial charge in [-0.15, -0.1) is 0 Å². The first-order valence-electron chi connectivity index (χ1n) is 6.29. The number of Topliss-reactive ketones (excluding diaryl/α,β-unsaturated/α-hetero) is 1. The van der Waals surface area contributed by atoms with Gasteiger partial charge in [-0.05, 0) is 30.5 Å². The van der Waals surface area contributed by atoms with E-state index in [1.54, 1.807) is 0 Å². The van der Waals surface area contributed by atoms with Crippen molar-refractivity contribution in [2.45, 2.75) is 37.8 Å². The molecule has 3 rings (SSSR count). The van der Waals surface area contributed by atoms with Gasteiger partial charge in [-0.25, -0.2) is 0 Å². The second-order valence-corrected chi connectivity index (χ2v) is 5.91. The van der Waals surface area contributed by atoms with E-state index in [0.29, 0.717) is 11.8 Å². The highest BCUT2D eigenvalue weighted by Crippen LogP contribution is 2.37. The number of rotatable bonds is 2. The zero-order valence-electron chi connectivity index (χ0n) is 9.73. The highest BCUT2D eigenvalue weighted by Gasteiger charge is 2.39. The molecule has 1 saturated carbocycles. The molecule has 0 spiro atoms. The van der Waals surface area contributed by atoms with E-state index >= 15 is 0 Å². The molecule has 17 heavy (non-hydrogen) atoms. The van der Waals surface area contributed by atoms with Crippen LogP contribution in [0.3, 0.4) is 0 Å². The van der Waals surface area contributed by atoms with Gasteiger partial charge in [0.25, 0.3) is 0 Å². The number of hydrogen-bond donors (Lipinski definition) is 0. The molecule has 1 aromatic rings. The van der Waals surface area contributed by atoms with Gasteiger partial charge >= 0.3 is 0 Å². The van der Waals surface area contributed by atoms with E-state index in [2.05, 4.69) is 33.0 Å². The van der Waals surface area contributed by atoms with Crippen LogP contribution in [0.15, 0.2) is 28.7 Å². The number of carbonyl (C=O) groups is 1. The molecule has 1 atom stereocenters. The molecule has 0 bridgehead atoms. The Bertz CT molecular complexity index is 424. The molecule has 1 unspecified atom stereocenters. The van der Waals surface area contributed by atoms with Gasteiger partial charge in [0.05, 0.1) is 6.04 Å². The number of likely N-dealkylation sites (tertiary alicyclic amines) is 1. The summed E-state index contributed by atoms with van der Waals surface area (Å²) < 4.78 is 1.07. The zero-order valence-corrected chi connectivity index (χ0v) is 11.3. The molecule has 1 heterocycles. The number of ketones is 1. The van der Waals surface area contributed by atoms with Crippen LogP contribution in [0.25, 0.3) is 0 Å². The maximum absolute atomic E-state index is 12.1. The molecule has 2 aliphatic rings. The molecule has 1 aromatic carbocycles. The van der Waals surface area contributed by atoms with Crippen LogP contribution in [0.4, 0.5) is 0 Å². The van der Waals surface area contributed by atoms with Crippen molar-refractivity contribution in [1.29, 1.82) is 0 Å². The normalized spacial score (nSPS) is 26.2. The second-order valence-electron chi connectivity index (χ2n) is 4.99. The summed E-state index contributed by atoms with van der Waals surface area (Å²) in [5, 5.41) is 0. The zero-order chi connectivity index (χ0) is 11.8. The van der Waals surface area contributed by atoms with Crippen LogP contribution < -0.4 is 0 Å². The first-order chi connectivity index (χ1) is 8.25. The van der Waals surface area contributed by atoms with E-state index in [4.69, 9.17) is 0 Å². The van der Waals surface area contributed by atoms with Crippen LogP contribution >= 0.6 is 15.9 Å². The summed E-state index contributed by atoms with van der Waals surface area (Å²) in [6, 6.07) is 8.87. The van der Waals surface area contributed by atoms with Gasteiger partial charge in [-0.2, -0.15) is 0 Å². The number of benzene rings is 1. The summed E-state index contributed by atoms with van der Waals surface area (Å²) in [4.78, 5) is 14.5. The fraction of sp³-hybridized carbons (Fsp3) is 0.500. The summed E-state index contributed by atoms with van der Waals surface area (Å²) in [6.45, 7) is 0.949. The third-order valence-corrected chi connectivity index (χ3v) is 4.51. The maximum atomic E-state index is 12.1. The van der Waals surface area contributed by atoms with Gasteiger partial charge in [0.1, 0.15) is 0 Å². The van der Waals surface area contributed by atoms with Crippen molar-refractivity contribution in [3.63, 3.8) is 0 Å². The Labute approximate surface area is 110 Å². The van der Waals surface area contributed by atoms with E-state index in [1.807, 2.05) is 12.1 Å². The Morgan fingerprint density at radius 1 is 1.18 bits per heavy atom. The molecular weight excluding hydrogens is 278 g/mol. The van der Waals surface area contributed by atoms with Gasteiger partial charge in [-0.1, -0.05) is 34.5 Å². The average Bonchev–Trinajstić information content (AvgIpc) is 2.60. The van der Waals surface area contributed by atoms with Crippen LogP contribution in [0.1, 0.15) is 37.3 Å². The van der Waals surface area contributed by atoms with E-state index in [9.17, 15) is 4.79 Å². The van der Waals surface area contributed by atoms with Crippen molar-refractivity contribution in [2.24, 2.45) is 0 Å². The van der Waals surface area contributed by atoms with Gasteiger partial charge in [0.2, 0.25) is 0 Å². The lowest BCUT2D eigenvalue weighted by Gasteiger charge is -2.38. The summed E-state index contributed by atoms with van der Waals surface area (Å²) in [6.07, 6.45) is 4.57. The first-order valence-corrected chi connectivity index (χ1v) is 7.09. The van der Waals surface area contributed by atoms with E-state index in [-0.39, 0.29) is 6.04 Å². The quantitative estimate of drug-likeness (QED) is 0.834. The molecule has 3 heteroatoms. The molecule has 90 valence electrons. The van der Waals surface area contributed by atoms with Gasteiger partial charge in [0.15, 0.2) is 5.78 Å². The topological polar surface area (TPSA) is 20.3 Å². The molecule has 0 radical (unpaired) electrons. The number of nitrogens with zero attached hydrogens (tertiary/aromatic N) is 1. The van der Waals surface area contributed by atoms with Crippen LogP contribution in [-0.2, 0) is 4.79 Å². The van der Waals surface area contributed by atoms with Gasteiger partial charge in [0, 0.05) is 23.5 Å². The van der Waals surface area contributed by atoms with Crippen molar-refractivity contribution in [3.8, 4) is 0 Å². The van der Waals surface area contributed by atoms with E-state index < -0.39 is 0 Å². The monoisotopic (exact) mass is 293 g/mol. The Hall–Kier alpha value is -0.670. The molecule has 0 aromatic heterocycles. The smallest absolute Gasteiger partial charge is 0.155 e. The SMILES string of the molecule is O=C1CCN(C2CCC2)C1c1ccc(Br)cc1. The molecule has 0 N–H and O–H groups in total. The van der Waals surface area contributed by atoms with Gasteiger partial charge < -0.3 is 0 Å². The highest BCUT2D eigenvalue weighted by atomic mass is 79.9. The largest absolute Gasteiger partial charge is 0.297 e. The molecule has 1 saturated heterocycles. The fourth-order valence-corrected chi connectivity index (χ4v) is 3.09. The summed E-state index contributed by atoms with van der Waals surface area (Å²) in [5.74, 6) is 0.388. The third kappa shape index (κ3) is 2.06. The summed E-state index contributed by atoms with van der Waals surface area (Å²) in [7, 11) is 0. The molecule has 2 fully saturated rings. The lowest BCUT2D eigenvalue weighted by atomic mass is 9.90. The number of hydrogen-bond acceptors (Lipinski definition) is 2. The van der Waals surface area contributed by atoms with Crippen molar-refractivity contribution in [3.05, 3.63) is 34.3 Å². The summed E-state index contributed by atoms with van der Waals surface area (Å²) >= 11 is 3.44. The first kappa shape index (κ1) is 11.4. The lowest BCUT2D eigenvalue weighted by molar-refractivity contribution is -0.120. The molecule has 1 aliphatic carbocycles. The molecule has 2 nitrogen and oxygen atoms in total. The van der Waals surface area contributed by atoms with Gasteiger partial charge in [-0.3, -0.25) is 9.69 Å².